The van der Waals surface area contributed by atoms with Gasteiger partial charge in [-0.25, -0.2) is 0 Å². The Bertz CT molecular complexity index is 380. The number of Topliss-reactive ketones (excluding diaryl/α,β-unsaturated/α-hetero) is 1. The normalized spacial score (nSPS) is 16.7. The molecule has 0 radical (unpaired) electrons. The minimum absolute atomic E-state index is 0.250. The van der Waals surface area contributed by atoms with E-state index in [1.54, 1.807) is 12.1 Å². The second-order valence-electron chi connectivity index (χ2n) is 5.03. The zero-order chi connectivity index (χ0) is 12.8. The molecule has 0 unspecified atom stereocenters. The largest absolute Gasteiger partial charge is 0.508 e. The number of aromatic hydroxyl groups is 1. The molecule has 0 amide bonds. The smallest absolute Gasteiger partial charge is 0.138 e. The highest BCUT2D eigenvalue weighted by Gasteiger charge is 2.11. The maximum Gasteiger partial charge on any atom is 0.138 e. The molecule has 2 rings (SSSR count). The number of nitrogens with zero attached hydrogens (tertiary/aromatic N) is 1. The van der Waals surface area contributed by atoms with Gasteiger partial charge >= 0.3 is 0 Å². The summed E-state index contributed by atoms with van der Waals surface area (Å²) in [7, 11) is 0. The summed E-state index contributed by atoms with van der Waals surface area (Å²) in [6.07, 6.45) is 4.99. The number of rotatable bonds is 5. The van der Waals surface area contributed by atoms with E-state index >= 15 is 0 Å². The van der Waals surface area contributed by atoms with Crippen LogP contribution >= 0.6 is 0 Å². The third kappa shape index (κ3) is 4.15. The van der Waals surface area contributed by atoms with Gasteiger partial charge in [0, 0.05) is 19.4 Å². The van der Waals surface area contributed by atoms with Crippen molar-refractivity contribution in [3.63, 3.8) is 0 Å². The molecule has 0 spiro atoms. The molecule has 0 saturated carbocycles. The van der Waals surface area contributed by atoms with Crippen molar-refractivity contribution in [1.82, 2.24) is 4.90 Å². The quantitative estimate of drug-likeness (QED) is 0.868. The highest BCUT2D eigenvalue weighted by Crippen LogP contribution is 2.12. The molecular formula is C15H21NO2. The van der Waals surface area contributed by atoms with E-state index in [1.807, 2.05) is 12.1 Å². The van der Waals surface area contributed by atoms with E-state index in [1.165, 1.54) is 19.3 Å². The van der Waals surface area contributed by atoms with Crippen LogP contribution in [0, 0.1) is 0 Å². The first kappa shape index (κ1) is 13.1. The lowest BCUT2D eigenvalue weighted by molar-refractivity contribution is -0.118. The highest BCUT2D eigenvalue weighted by atomic mass is 16.3. The number of hydrogen-bond donors (Lipinski definition) is 1. The van der Waals surface area contributed by atoms with Crippen molar-refractivity contribution in [2.24, 2.45) is 0 Å². The Hall–Kier alpha value is -1.35. The van der Waals surface area contributed by atoms with Crippen molar-refractivity contribution in [1.29, 1.82) is 0 Å². The molecule has 0 bridgehead atoms. The first-order valence-corrected chi connectivity index (χ1v) is 6.76. The maximum atomic E-state index is 11.9. The Balaban J connectivity index is 1.73. The number of likely N-dealkylation sites (tertiary alicyclic amines) is 1. The van der Waals surface area contributed by atoms with E-state index in [2.05, 4.69) is 4.90 Å². The average molecular weight is 247 g/mol. The summed E-state index contributed by atoms with van der Waals surface area (Å²) in [5, 5.41) is 9.17. The molecule has 1 N–H and O–H groups in total. The second kappa shape index (κ2) is 6.55. The molecule has 1 aromatic rings. The van der Waals surface area contributed by atoms with Crippen LogP contribution in [-0.2, 0) is 11.2 Å². The van der Waals surface area contributed by atoms with Gasteiger partial charge in [-0.05, 0) is 43.6 Å². The molecule has 98 valence electrons. The summed E-state index contributed by atoms with van der Waals surface area (Å²) in [4.78, 5) is 14.2. The number of phenolic OH excluding ortho intramolecular Hbond substituents is 1. The van der Waals surface area contributed by atoms with E-state index in [9.17, 15) is 9.90 Å². The Morgan fingerprint density at radius 1 is 1.11 bits per heavy atom. The lowest BCUT2D eigenvalue weighted by Gasteiger charge is -2.25. The SMILES string of the molecule is O=C(CCN1CCCCC1)Cc1ccc(O)cc1. The topological polar surface area (TPSA) is 40.5 Å². The van der Waals surface area contributed by atoms with Gasteiger partial charge in [0.25, 0.3) is 0 Å². The van der Waals surface area contributed by atoms with Crippen LogP contribution in [0.25, 0.3) is 0 Å². The molecule has 0 aromatic heterocycles. The third-order valence-electron chi connectivity index (χ3n) is 3.49. The molecule has 1 aromatic carbocycles. The van der Waals surface area contributed by atoms with Gasteiger partial charge in [0.15, 0.2) is 0 Å². The zero-order valence-corrected chi connectivity index (χ0v) is 10.8. The van der Waals surface area contributed by atoms with Crippen molar-refractivity contribution in [2.45, 2.75) is 32.1 Å². The molecule has 1 saturated heterocycles. The van der Waals surface area contributed by atoms with Gasteiger partial charge < -0.3 is 10.0 Å². The average Bonchev–Trinajstić information content (AvgIpc) is 2.40. The van der Waals surface area contributed by atoms with Crippen LogP contribution in [0.2, 0.25) is 0 Å². The summed E-state index contributed by atoms with van der Waals surface area (Å²) < 4.78 is 0. The summed E-state index contributed by atoms with van der Waals surface area (Å²) in [6.45, 7) is 3.19. The molecule has 1 aliphatic rings. The van der Waals surface area contributed by atoms with Crippen molar-refractivity contribution < 1.29 is 9.90 Å². The van der Waals surface area contributed by atoms with Crippen LogP contribution in [0.3, 0.4) is 0 Å². The lowest BCUT2D eigenvalue weighted by atomic mass is 10.1. The van der Waals surface area contributed by atoms with Gasteiger partial charge in [-0.15, -0.1) is 0 Å². The molecular weight excluding hydrogens is 226 g/mol. The van der Waals surface area contributed by atoms with Gasteiger partial charge in [-0.3, -0.25) is 4.79 Å². The minimum Gasteiger partial charge on any atom is -0.508 e. The van der Waals surface area contributed by atoms with Gasteiger partial charge in [-0.1, -0.05) is 18.6 Å². The van der Waals surface area contributed by atoms with Crippen LogP contribution < -0.4 is 0 Å². The molecule has 0 atom stereocenters. The number of phenols is 1. The third-order valence-corrected chi connectivity index (χ3v) is 3.49. The summed E-state index contributed by atoms with van der Waals surface area (Å²) >= 11 is 0. The molecule has 1 aliphatic heterocycles. The van der Waals surface area contributed by atoms with Crippen molar-refractivity contribution >= 4 is 5.78 Å². The Labute approximate surface area is 108 Å². The molecule has 1 fully saturated rings. The number of benzene rings is 1. The molecule has 1 heterocycles. The van der Waals surface area contributed by atoms with Crippen LogP contribution in [0.5, 0.6) is 5.75 Å². The van der Waals surface area contributed by atoms with E-state index < -0.39 is 0 Å². The van der Waals surface area contributed by atoms with Crippen LogP contribution in [-0.4, -0.2) is 35.4 Å². The zero-order valence-electron chi connectivity index (χ0n) is 10.8. The van der Waals surface area contributed by atoms with Gasteiger partial charge in [-0.2, -0.15) is 0 Å². The standard InChI is InChI=1S/C15H21NO2/c17-14-6-4-13(5-7-14)12-15(18)8-11-16-9-2-1-3-10-16/h4-7,17H,1-3,8-12H2. The fourth-order valence-electron chi connectivity index (χ4n) is 2.40. The monoisotopic (exact) mass is 247 g/mol. The highest BCUT2D eigenvalue weighted by molar-refractivity contribution is 5.81. The maximum absolute atomic E-state index is 11.9. The number of ketones is 1. The summed E-state index contributed by atoms with van der Waals surface area (Å²) in [6, 6.07) is 6.89. The fraction of sp³-hybridized carbons (Fsp3) is 0.533. The fourth-order valence-corrected chi connectivity index (χ4v) is 2.40. The molecule has 3 nitrogen and oxygen atoms in total. The first-order valence-electron chi connectivity index (χ1n) is 6.76. The predicted octanol–water partition coefficient (Wildman–Crippen LogP) is 2.38. The van der Waals surface area contributed by atoms with Crippen molar-refractivity contribution in [2.75, 3.05) is 19.6 Å². The number of piperidine rings is 1. The number of hydrogen-bond acceptors (Lipinski definition) is 3. The van der Waals surface area contributed by atoms with E-state index in [0.717, 1.165) is 25.2 Å². The molecule has 18 heavy (non-hydrogen) atoms. The van der Waals surface area contributed by atoms with Crippen molar-refractivity contribution in [3.8, 4) is 5.75 Å². The molecule has 3 heteroatoms. The predicted molar refractivity (Wildman–Crippen MR) is 71.7 cm³/mol. The second-order valence-corrected chi connectivity index (χ2v) is 5.03. The molecule has 0 aliphatic carbocycles. The van der Waals surface area contributed by atoms with E-state index in [-0.39, 0.29) is 11.5 Å². The van der Waals surface area contributed by atoms with Crippen molar-refractivity contribution in [3.05, 3.63) is 29.8 Å². The van der Waals surface area contributed by atoms with Crippen LogP contribution in [0.15, 0.2) is 24.3 Å². The van der Waals surface area contributed by atoms with E-state index in [0.29, 0.717) is 12.8 Å². The Morgan fingerprint density at radius 3 is 2.44 bits per heavy atom. The van der Waals surface area contributed by atoms with Crippen LogP contribution in [0.4, 0.5) is 0 Å². The van der Waals surface area contributed by atoms with Crippen LogP contribution in [0.1, 0.15) is 31.2 Å². The number of carbonyl (C=O) groups is 1. The van der Waals surface area contributed by atoms with Gasteiger partial charge in [0.1, 0.15) is 11.5 Å². The van der Waals surface area contributed by atoms with Gasteiger partial charge in [0.2, 0.25) is 0 Å². The summed E-state index contributed by atoms with van der Waals surface area (Å²) in [5.41, 5.74) is 0.983. The van der Waals surface area contributed by atoms with Gasteiger partial charge in [0.05, 0.1) is 0 Å². The van der Waals surface area contributed by atoms with E-state index in [4.69, 9.17) is 0 Å². The first-order chi connectivity index (χ1) is 8.74. The minimum atomic E-state index is 0.250. The Morgan fingerprint density at radius 2 is 1.78 bits per heavy atom. The number of carbonyl (C=O) groups excluding carboxylic acids is 1. The Kier molecular flexibility index (Phi) is 4.76. The summed E-state index contributed by atoms with van der Waals surface area (Å²) in [5.74, 6) is 0.533. The lowest BCUT2D eigenvalue weighted by Crippen LogP contribution is -2.31.